The highest BCUT2D eigenvalue weighted by Gasteiger charge is 2.18. The first-order valence-electron chi connectivity index (χ1n) is 17.5. The zero-order valence-electron chi connectivity index (χ0n) is 27.9. The summed E-state index contributed by atoms with van der Waals surface area (Å²) < 4.78 is 28.9. The molecule has 1 amide bonds. The Hall–Kier alpha value is -2.16. The van der Waals surface area contributed by atoms with Crippen LogP contribution in [-0.4, -0.2) is 48.1 Å². The Kier molecular flexibility index (Phi) is 20.1. The summed E-state index contributed by atoms with van der Waals surface area (Å²) in [6, 6.07) is 11.3. The quantitative estimate of drug-likeness (QED) is 0.0866. The summed E-state index contributed by atoms with van der Waals surface area (Å²) >= 11 is 0. The van der Waals surface area contributed by atoms with Crippen LogP contribution in [0.3, 0.4) is 0 Å². The van der Waals surface area contributed by atoms with E-state index in [-0.39, 0.29) is 5.91 Å². The highest BCUT2D eigenvalue weighted by molar-refractivity contribution is 7.89. The molecule has 0 saturated carbocycles. The maximum Gasteiger partial charge on any atom is 0.241 e. The highest BCUT2D eigenvalue weighted by atomic mass is 32.2. The van der Waals surface area contributed by atoms with E-state index in [1.54, 1.807) is 6.07 Å². The molecule has 0 bridgehead atoms. The highest BCUT2D eigenvalue weighted by Crippen LogP contribution is 2.30. The number of carbonyl (C=O) groups excluding carboxylic acids is 1. The van der Waals surface area contributed by atoms with Crippen molar-refractivity contribution in [3.63, 3.8) is 0 Å². The fourth-order valence-electron chi connectivity index (χ4n) is 5.82. The second kappa shape index (κ2) is 23.2. The van der Waals surface area contributed by atoms with Crippen molar-refractivity contribution >= 4 is 32.4 Å². The molecular weight excluding hydrogens is 568 g/mol. The normalized spacial score (nSPS) is 11.7. The molecule has 0 aliphatic heterocycles. The van der Waals surface area contributed by atoms with Crippen LogP contribution in [0.1, 0.15) is 128 Å². The van der Waals surface area contributed by atoms with Gasteiger partial charge in [-0.1, -0.05) is 121 Å². The average Bonchev–Trinajstić information content (AvgIpc) is 3.01. The van der Waals surface area contributed by atoms with E-state index in [1.165, 1.54) is 77.0 Å². The van der Waals surface area contributed by atoms with Crippen molar-refractivity contribution in [3.05, 3.63) is 36.4 Å². The van der Waals surface area contributed by atoms with Gasteiger partial charge in [-0.3, -0.25) is 4.79 Å². The standard InChI is InChI=1S/C36H62N4O3S/c1-40(2)34-26-22-25-33-32(34)24-23-27-35(33)44(42,43)39-31-21-17-13-9-5-6-10-14-18-28-36(41)38-30-20-16-12-8-4-3-7-11-15-19-29-37/h22-27,39H,3-21,28-31,37H2,1-2H3,(H,38,41). The molecule has 0 aromatic heterocycles. The Morgan fingerprint density at radius 3 is 1.68 bits per heavy atom. The summed E-state index contributed by atoms with van der Waals surface area (Å²) in [7, 11) is 0.372. The molecule has 8 heteroatoms. The first-order chi connectivity index (χ1) is 21.4. The van der Waals surface area contributed by atoms with Gasteiger partial charge >= 0.3 is 0 Å². The predicted molar refractivity (Wildman–Crippen MR) is 188 cm³/mol. The number of anilines is 1. The number of hydrogen-bond donors (Lipinski definition) is 3. The van der Waals surface area contributed by atoms with E-state index in [4.69, 9.17) is 5.73 Å². The third kappa shape index (κ3) is 15.7. The van der Waals surface area contributed by atoms with E-state index >= 15 is 0 Å². The van der Waals surface area contributed by atoms with Crippen LogP contribution < -0.4 is 20.7 Å². The lowest BCUT2D eigenvalue weighted by molar-refractivity contribution is -0.121. The van der Waals surface area contributed by atoms with Gasteiger partial charge in [0.05, 0.1) is 4.90 Å². The van der Waals surface area contributed by atoms with Gasteiger partial charge in [-0.25, -0.2) is 13.1 Å². The van der Waals surface area contributed by atoms with Crippen LogP contribution in [0.4, 0.5) is 5.69 Å². The molecule has 0 unspecified atom stereocenters. The van der Waals surface area contributed by atoms with E-state index in [0.717, 1.165) is 74.5 Å². The summed E-state index contributed by atoms with van der Waals surface area (Å²) in [5, 5.41) is 4.78. The molecule has 2 aromatic carbocycles. The van der Waals surface area contributed by atoms with E-state index in [0.29, 0.717) is 17.9 Å². The van der Waals surface area contributed by atoms with Gasteiger partial charge in [0.25, 0.3) is 0 Å². The summed E-state index contributed by atoms with van der Waals surface area (Å²) in [4.78, 5) is 14.4. The molecule has 0 atom stereocenters. The van der Waals surface area contributed by atoms with Crippen molar-refractivity contribution in [3.8, 4) is 0 Å². The zero-order valence-corrected chi connectivity index (χ0v) is 28.7. The third-order valence-corrected chi connectivity index (χ3v) is 9.98. The number of rotatable bonds is 27. The van der Waals surface area contributed by atoms with E-state index in [2.05, 4.69) is 10.0 Å². The molecule has 0 saturated heterocycles. The van der Waals surface area contributed by atoms with Crippen molar-refractivity contribution < 1.29 is 13.2 Å². The van der Waals surface area contributed by atoms with Gasteiger partial charge < -0.3 is 16.0 Å². The molecule has 0 aliphatic carbocycles. The second-order valence-corrected chi connectivity index (χ2v) is 14.3. The smallest absolute Gasteiger partial charge is 0.241 e. The lowest BCUT2D eigenvalue weighted by Crippen LogP contribution is -2.25. The minimum absolute atomic E-state index is 0.205. The zero-order chi connectivity index (χ0) is 31.9. The van der Waals surface area contributed by atoms with Gasteiger partial charge in [-0.15, -0.1) is 0 Å². The number of sulfonamides is 1. The van der Waals surface area contributed by atoms with Gasteiger partial charge in [-0.2, -0.15) is 0 Å². The van der Waals surface area contributed by atoms with Gasteiger partial charge in [0.2, 0.25) is 15.9 Å². The minimum Gasteiger partial charge on any atom is -0.377 e. The Bertz CT molecular complexity index is 1150. The van der Waals surface area contributed by atoms with E-state index < -0.39 is 10.0 Å². The van der Waals surface area contributed by atoms with Crippen molar-refractivity contribution in [2.75, 3.05) is 38.6 Å². The van der Waals surface area contributed by atoms with E-state index in [1.807, 2.05) is 49.3 Å². The molecule has 0 aliphatic rings. The number of benzene rings is 2. The van der Waals surface area contributed by atoms with Gasteiger partial charge in [-0.05, 0) is 44.4 Å². The van der Waals surface area contributed by atoms with Crippen LogP contribution in [-0.2, 0) is 14.8 Å². The van der Waals surface area contributed by atoms with Crippen molar-refractivity contribution in [1.82, 2.24) is 10.0 Å². The predicted octanol–water partition coefficient (Wildman–Crippen LogP) is 8.06. The van der Waals surface area contributed by atoms with Gasteiger partial charge in [0.15, 0.2) is 0 Å². The van der Waals surface area contributed by atoms with Crippen LogP contribution >= 0.6 is 0 Å². The van der Waals surface area contributed by atoms with Crippen molar-refractivity contribution in [1.29, 1.82) is 0 Å². The summed E-state index contributed by atoms with van der Waals surface area (Å²) in [6.07, 6.45) is 23.2. The van der Waals surface area contributed by atoms with E-state index in [9.17, 15) is 13.2 Å². The summed E-state index contributed by atoms with van der Waals surface area (Å²) in [6.45, 7) is 2.11. The average molecular weight is 631 g/mol. The lowest BCUT2D eigenvalue weighted by atomic mass is 10.1. The molecule has 0 heterocycles. The molecule has 0 radical (unpaired) electrons. The van der Waals surface area contributed by atoms with Crippen LogP contribution in [0.2, 0.25) is 0 Å². The summed E-state index contributed by atoms with van der Waals surface area (Å²) in [5.74, 6) is 0.205. The Morgan fingerprint density at radius 1 is 0.636 bits per heavy atom. The van der Waals surface area contributed by atoms with Gasteiger partial charge in [0.1, 0.15) is 0 Å². The number of unbranched alkanes of at least 4 members (excludes halogenated alkanes) is 17. The third-order valence-electron chi connectivity index (χ3n) is 8.46. The first kappa shape index (κ1) is 38.0. The van der Waals surface area contributed by atoms with Crippen LogP contribution in [0.25, 0.3) is 10.8 Å². The number of nitrogens with two attached hydrogens (primary N) is 1. The Labute approximate surface area is 269 Å². The maximum atomic E-state index is 13.0. The number of carbonyl (C=O) groups is 1. The minimum atomic E-state index is -3.56. The topological polar surface area (TPSA) is 105 Å². The number of hydrogen-bond acceptors (Lipinski definition) is 5. The number of nitrogens with one attached hydrogen (secondary N) is 2. The fourth-order valence-corrected chi connectivity index (χ4v) is 7.11. The molecule has 4 N–H and O–H groups in total. The molecule has 2 rings (SSSR count). The largest absolute Gasteiger partial charge is 0.377 e. The number of fused-ring (bicyclic) bond motifs is 1. The second-order valence-electron chi connectivity index (χ2n) is 12.5. The fraction of sp³-hybridized carbons (Fsp3) is 0.694. The van der Waals surface area contributed by atoms with Crippen LogP contribution in [0, 0.1) is 0 Å². The molecule has 250 valence electrons. The summed E-state index contributed by atoms with van der Waals surface area (Å²) in [5.41, 5.74) is 6.53. The molecule has 0 spiro atoms. The maximum absolute atomic E-state index is 13.0. The number of amides is 1. The first-order valence-corrected chi connectivity index (χ1v) is 19.0. The molecule has 7 nitrogen and oxygen atoms in total. The molecule has 44 heavy (non-hydrogen) atoms. The van der Waals surface area contributed by atoms with Crippen LogP contribution in [0.5, 0.6) is 0 Å². The SMILES string of the molecule is CN(C)c1cccc2c(S(=O)(=O)NCCCCCCCCCCCC(=O)NCCCCCCCCCCCCN)cccc12. The monoisotopic (exact) mass is 630 g/mol. The Balaban J connectivity index is 1.40. The van der Waals surface area contributed by atoms with Crippen molar-refractivity contribution in [2.45, 2.75) is 133 Å². The van der Waals surface area contributed by atoms with Crippen molar-refractivity contribution in [2.24, 2.45) is 5.73 Å². The van der Waals surface area contributed by atoms with Gasteiger partial charge in [0, 0.05) is 50.1 Å². The molecule has 0 fully saturated rings. The Morgan fingerprint density at radius 2 is 1.11 bits per heavy atom. The lowest BCUT2D eigenvalue weighted by Gasteiger charge is -2.17. The number of nitrogens with zero attached hydrogens (tertiary/aromatic N) is 1. The molecular formula is C36H62N4O3S. The molecule has 2 aromatic rings. The van der Waals surface area contributed by atoms with Crippen LogP contribution in [0.15, 0.2) is 41.3 Å².